The number of benzene rings is 2. The number of fused-ring (bicyclic) bond motifs is 3. The zero-order chi connectivity index (χ0) is 25.5. The maximum absolute atomic E-state index is 14.4. The van der Waals surface area contributed by atoms with Crippen LogP contribution in [0.15, 0.2) is 46.4 Å². The van der Waals surface area contributed by atoms with Gasteiger partial charge in [0.2, 0.25) is 0 Å². The predicted octanol–water partition coefficient (Wildman–Crippen LogP) is 5.07. The van der Waals surface area contributed by atoms with Crippen LogP contribution in [0.4, 0.5) is 4.39 Å². The molecule has 0 aliphatic carbocycles. The summed E-state index contributed by atoms with van der Waals surface area (Å²) < 4.78 is 24.3. The molecule has 6 rings (SSSR count). The van der Waals surface area contributed by atoms with Gasteiger partial charge in [-0.1, -0.05) is 11.3 Å². The molecule has 8 nitrogen and oxygen atoms in total. The third-order valence-electron chi connectivity index (χ3n) is 6.27. The normalized spacial score (nSPS) is 16.1. The molecular weight excluding hydrogens is 579 g/mol. The molecule has 1 fully saturated rings. The van der Waals surface area contributed by atoms with Crippen molar-refractivity contribution in [3.8, 4) is 11.4 Å². The van der Waals surface area contributed by atoms with Crippen LogP contribution < -0.4 is 10.1 Å². The lowest BCUT2D eigenvalue weighted by molar-refractivity contribution is -0.123. The molecule has 0 saturated carbocycles. The molecule has 190 valence electrons. The van der Waals surface area contributed by atoms with Crippen LogP contribution in [-0.4, -0.2) is 56.5 Å². The van der Waals surface area contributed by atoms with Crippen molar-refractivity contribution in [2.24, 2.45) is 0 Å². The van der Waals surface area contributed by atoms with E-state index in [-0.39, 0.29) is 24.4 Å². The zero-order valence-electron chi connectivity index (χ0n) is 19.8. The van der Waals surface area contributed by atoms with E-state index in [1.54, 1.807) is 47.1 Å². The van der Waals surface area contributed by atoms with Gasteiger partial charge in [-0.3, -0.25) is 9.69 Å². The van der Waals surface area contributed by atoms with Crippen LogP contribution in [0.25, 0.3) is 26.0 Å². The van der Waals surface area contributed by atoms with E-state index in [1.807, 2.05) is 24.4 Å². The molecule has 0 bridgehead atoms. The van der Waals surface area contributed by atoms with Crippen molar-refractivity contribution < 1.29 is 13.9 Å². The summed E-state index contributed by atoms with van der Waals surface area (Å²) in [7, 11) is 0. The van der Waals surface area contributed by atoms with Gasteiger partial charge in [0.25, 0.3) is 5.91 Å². The van der Waals surface area contributed by atoms with E-state index in [4.69, 9.17) is 4.74 Å². The number of nitrogens with zero attached hydrogens (tertiary/aromatic N) is 5. The first kappa shape index (κ1) is 24.4. The molecule has 1 aliphatic heterocycles. The van der Waals surface area contributed by atoms with E-state index in [0.29, 0.717) is 29.0 Å². The second kappa shape index (κ2) is 10.1. The first-order valence-electron chi connectivity index (χ1n) is 11.7. The summed E-state index contributed by atoms with van der Waals surface area (Å²) in [6, 6.07) is 9.07. The molecule has 2 aromatic carbocycles. The number of likely N-dealkylation sites (tertiary alicyclic amines) is 1. The highest BCUT2D eigenvalue weighted by Crippen LogP contribution is 2.38. The Balaban J connectivity index is 1.04. The predicted molar refractivity (Wildman–Crippen MR) is 146 cm³/mol. The van der Waals surface area contributed by atoms with Crippen molar-refractivity contribution in [1.29, 1.82) is 0 Å². The Hall–Kier alpha value is -2.93. The van der Waals surface area contributed by atoms with Crippen LogP contribution in [0.3, 0.4) is 0 Å². The van der Waals surface area contributed by atoms with Gasteiger partial charge in [-0.05, 0) is 52.9 Å². The maximum atomic E-state index is 14.4. The SMILES string of the molecule is Cc1nc2c(cc(OCC(=O)NC3CCN(Cc4cn(-c5cccc(Br)c5F)nn4)C3)c3ccsc32)s1. The Morgan fingerprint density at radius 2 is 2.24 bits per heavy atom. The molecule has 3 aromatic heterocycles. The van der Waals surface area contributed by atoms with Crippen molar-refractivity contribution in [2.45, 2.75) is 25.9 Å². The molecule has 4 heterocycles. The number of ether oxygens (including phenoxy) is 1. The topological polar surface area (TPSA) is 85.2 Å². The highest BCUT2D eigenvalue weighted by atomic mass is 79.9. The molecule has 1 saturated heterocycles. The standard InChI is InChI=1S/C25H22BrFN6O2S2/c1-14-28-24-21(37-14)9-20(17-6-8-36-25(17)24)35-13-22(34)29-15-5-7-32(10-15)11-16-12-33(31-30-16)19-4-2-3-18(26)23(19)27/h2-4,6,8-9,12,15H,5,7,10-11,13H2,1H3,(H,29,34). The second-order valence-electron chi connectivity index (χ2n) is 8.92. The summed E-state index contributed by atoms with van der Waals surface area (Å²) in [5.41, 5.74) is 2.07. The first-order valence-corrected chi connectivity index (χ1v) is 14.2. The van der Waals surface area contributed by atoms with E-state index in [2.05, 4.69) is 41.4 Å². The van der Waals surface area contributed by atoms with Gasteiger partial charge < -0.3 is 10.1 Å². The van der Waals surface area contributed by atoms with Gasteiger partial charge in [0.05, 0.1) is 36.3 Å². The van der Waals surface area contributed by atoms with Crippen LogP contribution in [0.2, 0.25) is 0 Å². The molecule has 1 amide bonds. The number of rotatable bonds is 7. The number of aromatic nitrogens is 4. The Kier molecular flexibility index (Phi) is 6.65. The number of carbonyl (C=O) groups excluding carboxylic acids is 1. The molecule has 12 heteroatoms. The summed E-state index contributed by atoms with van der Waals surface area (Å²) in [4.78, 5) is 19.5. The number of carbonyl (C=O) groups is 1. The highest BCUT2D eigenvalue weighted by molar-refractivity contribution is 9.10. The van der Waals surface area contributed by atoms with Gasteiger partial charge in [-0.15, -0.1) is 27.8 Å². The highest BCUT2D eigenvalue weighted by Gasteiger charge is 2.25. The number of thiazole rings is 1. The molecule has 1 N–H and O–H groups in total. The minimum absolute atomic E-state index is 0.0291. The average molecular weight is 602 g/mol. The van der Waals surface area contributed by atoms with E-state index in [1.165, 1.54) is 4.68 Å². The number of hydrogen-bond acceptors (Lipinski definition) is 8. The summed E-state index contributed by atoms with van der Waals surface area (Å²) in [5.74, 6) is 0.180. The largest absolute Gasteiger partial charge is 0.483 e. The first-order chi connectivity index (χ1) is 17.9. The van der Waals surface area contributed by atoms with Gasteiger partial charge in [0, 0.05) is 37.1 Å². The Bertz CT molecular complexity index is 1620. The third-order valence-corrected chi connectivity index (χ3v) is 8.72. The fourth-order valence-corrected chi connectivity index (χ4v) is 6.79. The van der Waals surface area contributed by atoms with Crippen molar-refractivity contribution in [2.75, 3.05) is 19.7 Å². The fourth-order valence-electron chi connectivity index (χ4n) is 4.60. The molecule has 0 spiro atoms. The molecule has 1 unspecified atom stereocenters. The van der Waals surface area contributed by atoms with Crippen LogP contribution >= 0.6 is 38.6 Å². The van der Waals surface area contributed by atoms with Crippen molar-refractivity contribution in [1.82, 2.24) is 30.2 Å². The molecule has 1 atom stereocenters. The number of amides is 1. The lowest BCUT2D eigenvalue weighted by Crippen LogP contribution is -2.39. The molecule has 5 aromatic rings. The zero-order valence-corrected chi connectivity index (χ0v) is 23.0. The molecular formula is C25H22BrFN6O2S2. The van der Waals surface area contributed by atoms with Crippen LogP contribution in [0, 0.1) is 12.7 Å². The Morgan fingerprint density at radius 3 is 3.14 bits per heavy atom. The lowest BCUT2D eigenvalue weighted by Gasteiger charge is -2.16. The van der Waals surface area contributed by atoms with Gasteiger partial charge in [-0.2, -0.15) is 0 Å². The van der Waals surface area contributed by atoms with E-state index >= 15 is 0 Å². The van der Waals surface area contributed by atoms with Crippen molar-refractivity contribution >= 4 is 64.8 Å². The lowest BCUT2D eigenvalue weighted by atomic mass is 10.2. The average Bonchev–Trinajstić information content (AvgIpc) is 3.66. The number of hydrogen-bond donors (Lipinski definition) is 1. The van der Waals surface area contributed by atoms with Crippen LogP contribution in [-0.2, 0) is 11.3 Å². The summed E-state index contributed by atoms with van der Waals surface area (Å²) in [6.45, 7) is 4.04. The van der Waals surface area contributed by atoms with E-state index in [0.717, 1.165) is 44.0 Å². The minimum Gasteiger partial charge on any atom is -0.483 e. The van der Waals surface area contributed by atoms with E-state index < -0.39 is 0 Å². The number of aryl methyl sites for hydroxylation is 1. The summed E-state index contributed by atoms with van der Waals surface area (Å²) in [6.07, 6.45) is 2.57. The van der Waals surface area contributed by atoms with E-state index in [9.17, 15) is 9.18 Å². The smallest absolute Gasteiger partial charge is 0.258 e. The third kappa shape index (κ3) is 4.98. The fraction of sp³-hybridized carbons (Fsp3) is 0.280. The molecule has 1 aliphatic rings. The number of halogens is 2. The van der Waals surface area contributed by atoms with Gasteiger partial charge in [0.1, 0.15) is 11.4 Å². The van der Waals surface area contributed by atoms with Crippen LogP contribution in [0.1, 0.15) is 17.1 Å². The summed E-state index contributed by atoms with van der Waals surface area (Å²) >= 11 is 6.46. The second-order valence-corrected chi connectivity index (χ2v) is 11.9. The van der Waals surface area contributed by atoms with Crippen molar-refractivity contribution in [3.05, 3.63) is 62.9 Å². The van der Waals surface area contributed by atoms with Gasteiger partial charge in [-0.25, -0.2) is 14.1 Å². The van der Waals surface area contributed by atoms with Crippen molar-refractivity contribution in [3.63, 3.8) is 0 Å². The molecule has 37 heavy (non-hydrogen) atoms. The quantitative estimate of drug-likeness (QED) is 0.281. The number of thiophene rings is 1. The summed E-state index contributed by atoms with van der Waals surface area (Å²) in [5, 5.41) is 15.4. The maximum Gasteiger partial charge on any atom is 0.258 e. The van der Waals surface area contributed by atoms with Gasteiger partial charge in [0.15, 0.2) is 12.4 Å². The van der Waals surface area contributed by atoms with Gasteiger partial charge >= 0.3 is 0 Å². The minimum atomic E-state index is -0.382. The Morgan fingerprint density at radius 1 is 1.35 bits per heavy atom. The monoisotopic (exact) mass is 600 g/mol. The molecule has 0 radical (unpaired) electrons. The number of nitrogens with one attached hydrogen (secondary N) is 1. The Labute approximate surface area is 228 Å². The van der Waals surface area contributed by atoms with Crippen LogP contribution in [0.5, 0.6) is 5.75 Å².